The maximum absolute atomic E-state index is 5.61. The highest BCUT2D eigenvalue weighted by Crippen LogP contribution is 2.19. The third-order valence-corrected chi connectivity index (χ3v) is 3.73. The van der Waals surface area contributed by atoms with Crippen molar-refractivity contribution in [1.82, 2.24) is 14.8 Å². The van der Waals surface area contributed by atoms with Crippen LogP contribution in [0, 0.1) is 0 Å². The van der Waals surface area contributed by atoms with Gasteiger partial charge >= 0.3 is 0 Å². The van der Waals surface area contributed by atoms with E-state index >= 15 is 0 Å². The fraction of sp³-hybridized carbons (Fsp3) is 0.500. The summed E-state index contributed by atoms with van der Waals surface area (Å²) in [4.78, 5) is 5.21. The van der Waals surface area contributed by atoms with E-state index in [9.17, 15) is 0 Å². The molecule has 0 aliphatic rings. The van der Waals surface area contributed by atoms with Gasteiger partial charge < -0.3 is 5.73 Å². The molecule has 0 aromatic carbocycles. The summed E-state index contributed by atoms with van der Waals surface area (Å²) in [6.07, 6.45) is 6.95. The van der Waals surface area contributed by atoms with E-state index in [2.05, 4.69) is 40.9 Å². The number of nitrogens with two attached hydrogens (primary N) is 1. The minimum absolute atomic E-state index is 0.510. The molecule has 0 bridgehead atoms. The van der Waals surface area contributed by atoms with Gasteiger partial charge in [-0.15, -0.1) is 11.3 Å². The van der Waals surface area contributed by atoms with Gasteiger partial charge in [0.1, 0.15) is 0 Å². The molecule has 0 saturated heterocycles. The van der Waals surface area contributed by atoms with E-state index in [0.717, 1.165) is 29.8 Å². The molecule has 0 fully saturated rings. The summed E-state index contributed by atoms with van der Waals surface area (Å²) in [6, 6.07) is 2.59. The van der Waals surface area contributed by atoms with Gasteiger partial charge in [0, 0.05) is 23.7 Å². The summed E-state index contributed by atoms with van der Waals surface area (Å²) in [7, 11) is 0. The Morgan fingerprint density at radius 2 is 2.18 bits per heavy atom. The molecule has 2 heterocycles. The first kappa shape index (κ1) is 12.1. The number of nitrogen functional groups attached to an aromatic ring is 1. The van der Waals surface area contributed by atoms with E-state index in [1.165, 1.54) is 11.3 Å². The molecule has 0 amide bonds. The Morgan fingerprint density at radius 3 is 2.76 bits per heavy atom. The van der Waals surface area contributed by atoms with Gasteiger partial charge in [-0.3, -0.25) is 4.68 Å². The molecule has 17 heavy (non-hydrogen) atoms. The molecule has 2 aromatic heterocycles. The fourth-order valence-corrected chi connectivity index (χ4v) is 2.62. The van der Waals surface area contributed by atoms with Crippen molar-refractivity contribution in [2.24, 2.45) is 0 Å². The molecule has 0 spiro atoms. The molecular formula is C12H18N4S. The van der Waals surface area contributed by atoms with Crippen LogP contribution in [0.5, 0.6) is 0 Å². The van der Waals surface area contributed by atoms with Crippen LogP contribution in [-0.4, -0.2) is 14.8 Å². The van der Waals surface area contributed by atoms with E-state index < -0.39 is 0 Å². The quantitative estimate of drug-likeness (QED) is 0.887. The summed E-state index contributed by atoms with van der Waals surface area (Å²) in [6.45, 7) is 4.39. The lowest BCUT2D eigenvalue weighted by Crippen LogP contribution is -2.07. The predicted octanol–water partition coefficient (Wildman–Crippen LogP) is 2.87. The minimum atomic E-state index is 0.510. The topological polar surface area (TPSA) is 56.7 Å². The van der Waals surface area contributed by atoms with Gasteiger partial charge in [-0.25, -0.2) is 4.98 Å². The molecule has 4 nitrogen and oxygen atoms in total. The second kappa shape index (κ2) is 5.31. The Labute approximate surface area is 105 Å². The normalized spacial score (nSPS) is 11.2. The van der Waals surface area contributed by atoms with Gasteiger partial charge in [0.05, 0.1) is 11.7 Å². The first-order chi connectivity index (χ1) is 8.22. The highest BCUT2D eigenvalue weighted by molar-refractivity contribution is 7.15. The van der Waals surface area contributed by atoms with Crippen LogP contribution in [-0.2, 0) is 6.42 Å². The van der Waals surface area contributed by atoms with E-state index in [0.29, 0.717) is 11.2 Å². The van der Waals surface area contributed by atoms with Gasteiger partial charge in [0.15, 0.2) is 5.13 Å². The number of rotatable bonds is 5. The lowest BCUT2D eigenvalue weighted by molar-refractivity contribution is 0.426. The van der Waals surface area contributed by atoms with E-state index in [1.807, 2.05) is 6.20 Å². The maximum atomic E-state index is 5.61. The average Bonchev–Trinajstić information content (AvgIpc) is 2.91. The van der Waals surface area contributed by atoms with E-state index in [-0.39, 0.29) is 0 Å². The summed E-state index contributed by atoms with van der Waals surface area (Å²) < 4.78 is 2.07. The fourth-order valence-electron chi connectivity index (χ4n) is 1.92. The molecule has 0 atom stereocenters. The van der Waals surface area contributed by atoms with Crippen LogP contribution in [0.3, 0.4) is 0 Å². The van der Waals surface area contributed by atoms with Crippen molar-refractivity contribution in [2.75, 3.05) is 5.73 Å². The Kier molecular flexibility index (Phi) is 3.78. The minimum Gasteiger partial charge on any atom is -0.375 e. The number of nitrogens with zero attached hydrogens (tertiary/aromatic N) is 3. The van der Waals surface area contributed by atoms with Crippen molar-refractivity contribution in [3.8, 4) is 0 Å². The second-order valence-corrected chi connectivity index (χ2v) is 5.25. The van der Waals surface area contributed by atoms with Crippen molar-refractivity contribution in [3.63, 3.8) is 0 Å². The molecule has 2 N–H and O–H groups in total. The van der Waals surface area contributed by atoms with Crippen molar-refractivity contribution in [3.05, 3.63) is 29.0 Å². The average molecular weight is 250 g/mol. The van der Waals surface area contributed by atoms with Gasteiger partial charge in [0.2, 0.25) is 0 Å². The summed E-state index contributed by atoms with van der Waals surface area (Å²) in [5.74, 6) is 0. The van der Waals surface area contributed by atoms with E-state index in [1.54, 1.807) is 0 Å². The number of anilines is 1. The Balaban J connectivity index is 2.08. The zero-order valence-corrected chi connectivity index (χ0v) is 11.1. The van der Waals surface area contributed by atoms with Crippen LogP contribution < -0.4 is 5.73 Å². The van der Waals surface area contributed by atoms with Crippen LogP contribution in [0.4, 0.5) is 5.13 Å². The molecule has 0 unspecified atom stereocenters. The molecule has 0 aliphatic heterocycles. The van der Waals surface area contributed by atoms with Gasteiger partial charge in [-0.2, -0.15) is 5.10 Å². The SMILES string of the molecule is CCC(CC)n1ccc(Cc2cnc(N)s2)n1. The molecular weight excluding hydrogens is 232 g/mol. The second-order valence-electron chi connectivity index (χ2n) is 4.10. The zero-order valence-electron chi connectivity index (χ0n) is 10.3. The van der Waals surface area contributed by atoms with Crippen LogP contribution in [0.15, 0.2) is 18.5 Å². The van der Waals surface area contributed by atoms with Crippen LogP contribution in [0.2, 0.25) is 0 Å². The predicted molar refractivity (Wildman–Crippen MR) is 71.2 cm³/mol. The Hall–Kier alpha value is -1.36. The molecule has 92 valence electrons. The van der Waals surface area contributed by atoms with Gasteiger partial charge in [0.25, 0.3) is 0 Å². The molecule has 0 radical (unpaired) electrons. The lowest BCUT2D eigenvalue weighted by Gasteiger charge is -2.12. The summed E-state index contributed by atoms with van der Waals surface area (Å²) in [5.41, 5.74) is 6.69. The van der Waals surface area contributed by atoms with Crippen molar-refractivity contribution in [1.29, 1.82) is 0 Å². The maximum Gasteiger partial charge on any atom is 0.180 e. The monoisotopic (exact) mass is 250 g/mol. The zero-order chi connectivity index (χ0) is 12.3. The molecule has 5 heteroatoms. The van der Waals surface area contributed by atoms with Crippen LogP contribution in [0.25, 0.3) is 0 Å². The van der Waals surface area contributed by atoms with Gasteiger partial charge in [-0.1, -0.05) is 13.8 Å². The summed E-state index contributed by atoms with van der Waals surface area (Å²) in [5, 5.41) is 5.24. The number of thiazole rings is 1. The number of aromatic nitrogens is 3. The highest BCUT2D eigenvalue weighted by atomic mass is 32.1. The van der Waals surface area contributed by atoms with Crippen molar-refractivity contribution in [2.45, 2.75) is 39.2 Å². The third-order valence-electron chi connectivity index (χ3n) is 2.91. The first-order valence-electron chi connectivity index (χ1n) is 5.97. The Morgan fingerprint density at radius 1 is 1.41 bits per heavy atom. The first-order valence-corrected chi connectivity index (χ1v) is 6.78. The number of hydrogen-bond acceptors (Lipinski definition) is 4. The smallest absolute Gasteiger partial charge is 0.180 e. The lowest BCUT2D eigenvalue weighted by atomic mass is 10.2. The van der Waals surface area contributed by atoms with E-state index in [4.69, 9.17) is 5.73 Å². The number of hydrogen-bond donors (Lipinski definition) is 1. The molecule has 0 aliphatic carbocycles. The highest BCUT2D eigenvalue weighted by Gasteiger charge is 2.09. The van der Waals surface area contributed by atoms with Crippen molar-refractivity contribution >= 4 is 16.5 Å². The Bertz CT molecular complexity index is 470. The van der Waals surface area contributed by atoms with Crippen LogP contribution >= 0.6 is 11.3 Å². The largest absolute Gasteiger partial charge is 0.375 e. The standard InChI is InChI=1S/C12H18N4S/c1-3-10(4-2)16-6-5-9(15-16)7-11-8-14-12(13)17-11/h5-6,8,10H,3-4,7H2,1-2H3,(H2,13,14). The molecule has 2 aromatic rings. The molecule has 2 rings (SSSR count). The van der Waals surface area contributed by atoms with Crippen LogP contribution in [0.1, 0.15) is 43.3 Å². The summed E-state index contributed by atoms with van der Waals surface area (Å²) >= 11 is 1.53. The molecule has 0 saturated carbocycles. The van der Waals surface area contributed by atoms with Crippen molar-refractivity contribution < 1.29 is 0 Å². The third kappa shape index (κ3) is 2.85. The van der Waals surface area contributed by atoms with Gasteiger partial charge in [-0.05, 0) is 18.9 Å².